The highest BCUT2D eigenvalue weighted by Gasteiger charge is 2.17. The molecule has 10 heteroatoms. The minimum Gasteiger partial charge on any atom is -0.486 e. The van der Waals surface area contributed by atoms with Crippen molar-refractivity contribution in [2.75, 3.05) is 18.5 Å². The normalized spacial score (nSPS) is 15.3. The summed E-state index contributed by atoms with van der Waals surface area (Å²) in [5, 5.41) is 14.1. The molecule has 2 heterocycles. The van der Waals surface area contributed by atoms with Gasteiger partial charge in [-0.1, -0.05) is 11.3 Å². The van der Waals surface area contributed by atoms with Crippen molar-refractivity contribution in [1.29, 1.82) is 0 Å². The molecule has 32 heavy (non-hydrogen) atoms. The molecule has 1 saturated heterocycles. The lowest BCUT2D eigenvalue weighted by molar-refractivity contribution is 0.0857. The molecule has 4 rings (SSSR count). The number of amides is 2. The Kier molecular flexibility index (Phi) is 7.03. The third-order valence-corrected chi connectivity index (χ3v) is 5.65. The number of halogens is 1. The van der Waals surface area contributed by atoms with Gasteiger partial charge in [-0.15, -0.1) is 10.2 Å². The van der Waals surface area contributed by atoms with Crippen LogP contribution < -0.4 is 15.4 Å². The summed E-state index contributed by atoms with van der Waals surface area (Å²) < 4.78 is 23.9. The van der Waals surface area contributed by atoms with Gasteiger partial charge in [0.25, 0.3) is 11.8 Å². The summed E-state index contributed by atoms with van der Waals surface area (Å²) in [4.78, 5) is 24.7. The zero-order chi connectivity index (χ0) is 22.3. The molecule has 1 aromatic heterocycles. The number of aromatic nitrogens is 2. The Morgan fingerprint density at radius 1 is 1.09 bits per heavy atom. The molecule has 0 unspecified atom stereocenters. The van der Waals surface area contributed by atoms with Crippen LogP contribution in [0.5, 0.6) is 5.75 Å². The highest BCUT2D eigenvalue weighted by Crippen LogP contribution is 2.18. The zero-order valence-electron chi connectivity index (χ0n) is 17.0. The van der Waals surface area contributed by atoms with Gasteiger partial charge in [0, 0.05) is 24.4 Å². The molecule has 1 atom stereocenters. The molecule has 2 aromatic carbocycles. The Bertz CT molecular complexity index is 1070. The van der Waals surface area contributed by atoms with Crippen LogP contribution in [0.1, 0.15) is 38.0 Å². The van der Waals surface area contributed by atoms with Gasteiger partial charge < -0.3 is 20.1 Å². The SMILES string of the molecule is O=C(NC[C@H]1CCCO1)c1ccc(NC(=O)c2nnc(COc3ccc(F)cc3)s2)cc1. The van der Waals surface area contributed by atoms with Crippen LogP contribution in [0.3, 0.4) is 0 Å². The minimum absolute atomic E-state index is 0.0791. The van der Waals surface area contributed by atoms with E-state index in [1.807, 2.05) is 0 Å². The van der Waals surface area contributed by atoms with Gasteiger partial charge in [0.2, 0.25) is 5.01 Å². The fourth-order valence-corrected chi connectivity index (χ4v) is 3.73. The Morgan fingerprint density at radius 2 is 1.88 bits per heavy atom. The van der Waals surface area contributed by atoms with Crippen LogP contribution in [0, 0.1) is 5.82 Å². The third-order valence-electron chi connectivity index (χ3n) is 4.76. The predicted molar refractivity (Wildman–Crippen MR) is 116 cm³/mol. The van der Waals surface area contributed by atoms with E-state index in [1.165, 1.54) is 24.3 Å². The third kappa shape index (κ3) is 5.86. The topological polar surface area (TPSA) is 102 Å². The Hall–Kier alpha value is -3.37. The quantitative estimate of drug-likeness (QED) is 0.539. The summed E-state index contributed by atoms with van der Waals surface area (Å²) in [6.45, 7) is 1.35. The van der Waals surface area contributed by atoms with Gasteiger partial charge in [0.1, 0.15) is 18.2 Å². The molecule has 0 saturated carbocycles. The van der Waals surface area contributed by atoms with Gasteiger partial charge in [0.15, 0.2) is 5.01 Å². The average molecular weight is 456 g/mol. The molecule has 1 aliphatic heterocycles. The van der Waals surface area contributed by atoms with E-state index in [4.69, 9.17) is 9.47 Å². The van der Waals surface area contributed by atoms with Crippen molar-refractivity contribution in [1.82, 2.24) is 15.5 Å². The molecule has 0 bridgehead atoms. The van der Waals surface area contributed by atoms with Crippen molar-refractivity contribution in [3.8, 4) is 5.75 Å². The number of nitrogens with one attached hydrogen (secondary N) is 2. The fraction of sp³-hybridized carbons (Fsp3) is 0.273. The molecule has 1 fully saturated rings. The molecule has 3 aromatic rings. The van der Waals surface area contributed by atoms with Crippen LogP contribution >= 0.6 is 11.3 Å². The maximum absolute atomic E-state index is 12.9. The number of anilines is 1. The van der Waals surface area contributed by atoms with Crippen LogP contribution in [-0.2, 0) is 11.3 Å². The van der Waals surface area contributed by atoms with Crippen molar-refractivity contribution in [2.45, 2.75) is 25.6 Å². The molecule has 8 nitrogen and oxygen atoms in total. The first-order valence-corrected chi connectivity index (χ1v) is 10.9. The first kappa shape index (κ1) is 21.8. The number of ether oxygens (including phenoxy) is 2. The van der Waals surface area contributed by atoms with E-state index in [-0.39, 0.29) is 29.4 Å². The number of hydrogen-bond donors (Lipinski definition) is 2. The molecule has 0 spiro atoms. The number of benzene rings is 2. The largest absolute Gasteiger partial charge is 0.486 e. The average Bonchev–Trinajstić information content (AvgIpc) is 3.50. The summed E-state index contributed by atoms with van der Waals surface area (Å²) in [6.07, 6.45) is 2.05. The Labute approximate surface area is 187 Å². The maximum atomic E-state index is 12.9. The Balaban J connectivity index is 1.27. The second-order valence-corrected chi connectivity index (χ2v) is 8.18. The molecular weight excluding hydrogens is 435 g/mol. The fourth-order valence-electron chi connectivity index (χ4n) is 3.08. The molecule has 166 valence electrons. The second-order valence-electron chi connectivity index (χ2n) is 7.12. The van der Waals surface area contributed by atoms with Gasteiger partial charge in [-0.2, -0.15) is 0 Å². The summed E-state index contributed by atoms with van der Waals surface area (Å²) in [5.41, 5.74) is 1.03. The zero-order valence-corrected chi connectivity index (χ0v) is 17.9. The number of hydrogen-bond acceptors (Lipinski definition) is 7. The van der Waals surface area contributed by atoms with E-state index in [9.17, 15) is 14.0 Å². The smallest absolute Gasteiger partial charge is 0.286 e. The lowest BCUT2D eigenvalue weighted by atomic mass is 10.2. The van der Waals surface area contributed by atoms with Crippen LogP contribution in [-0.4, -0.2) is 41.3 Å². The summed E-state index contributed by atoms with van der Waals surface area (Å²) in [6, 6.07) is 12.2. The van der Waals surface area contributed by atoms with Crippen molar-refractivity contribution in [3.63, 3.8) is 0 Å². The first-order valence-electron chi connectivity index (χ1n) is 10.1. The summed E-state index contributed by atoms with van der Waals surface area (Å²) >= 11 is 1.10. The second kappa shape index (κ2) is 10.3. The molecule has 0 radical (unpaired) electrons. The van der Waals surface area contributed by atoms with Crippen LogP contribution in [0.15, 0.2) is 48.5 Å². The van der Waals surface area contributed by atoms with Crippen LogP contribution in [0.2, 0.25) is 0 Å². The van der Waals surface area contributed by atoms with Gasteiger partial charge in [-0.3, -0.25) is 9.59 Å². The molecule has 1 aliphatic rings. The van der Waals surface area contributed by atoms with Gasteiger partial charge in [0.05, 0.1) is 6.10 Å². The van der Waals surface area contributed by atoms with Gasteiger partial charge >= 0.3 is 0 Å². The first-order chi connectivity index (χ1) is 15.6. The highest BCUT2D eigenvalue weighted by molar-refractivity contribution is 7.13. The van der Waals surface area contributed by atoms with Crippen molar-refractivity contribution in [2.24, 2.45) is 0 Å². The van der Waals surface area contributed by atoms with Crippen LogP contribution in [0.25, 0.3) is 0 Å². The monoisotopic (exact) mass is 456 g/mol. The molecule has 2 N–H and O–H groups in total. The van der Waals surface area contributed by atoms with Crippen LogP contribution in [0.4, 0.5) is 10.1 Å². The highest BCUT2D eigenvalue weighted by atomic mass is 32.1. The van der Waals surface area contributed by atoms with E-state index in [0.717, 1.165) is 30.8 Å². The van der Waals surface area contributed by atoms with E-state index in [2.05, 4.69) is 20.8 Å². The van der Waals surface area contributed by atoms with Gasteiger partial charge in [-0.25, -0.2) is 4.39 Å². The molecular formula is C22H21FN4O4S. The standard InChI is InChI=1S/C22H21FN4O4S/c23-15-5-9-17(10-6-15)31-13-19-26-27-22(32-19)21(29)25-16-7-3-14(4-8-16)20(28)24-12-18-2-1-11-30-18/h3-10,18H,1-2,11-13H2,(H,24,28)(H,25,29)/t18-/m1/s1. The van der Waals surface area contributed by atoms with Gasteiger partial charge in [-0.05, 0) is 61.4 Å². The lowest BCUT2D eigenvalue weighted by Crippen LogP contribution is -2.31. The number of carbonyl (C=O) groups excluding carboxylic acids is 2. The number of nitrogens with zero attached hydrogens (tertiary/aromatic N) is 2. The van der Waals surface area contributed by atoms with E-state index in [1.54, 1.807) is 24.3 Å². The van der Waals surface area contributed by atoms with E-state index >= 15 is 0 Å². The van der Waals surface area contributed by atoms with Crippen molar-refractivity contribution < 1.29 is 23.5 Å². The summed E-state index contributed by atoms with van der Waals surface area (Å²) in [5.74, 6) is -0.452. The summed E-state index contributed by atoms with van der Waals surface area (Å²) in [7, 11) is 0. The molecule has 2 amide bonds. The maximum Gasteiger partial charge on any atom is 0.286 e. The molecule has 0 aliphatic carbocycles. The lowest BCUT2D eigenvalue weighted by Gasteiger charge is -2.11. The van der Waals surface area contributed by atoms with Crippen molar-refractivity contribution in [3.05, 3.63) is 69.9 Å². The Morgan fingerprint density at radius 3 is 2.59 bits per heavy atom. The number of rotatable bonds is 8. The predicted octanol–water partition coefficient (Wildman–Crippen LogP) is 3.42. The van der Waals surface area contributed by atoms with Crippen molar-refractivity contribution >= 4 is 28.8 Å². The minimum atomic E-state index is -0.411. The number of carbonyl (C=O) groups is 2. The van der Waals surface area contributed by atoms with E-state index < -0.39 is 5.91 Å². The van der Waals surface area contributed by atoms with E-state index in [0.29, 0.717) is 28.6 Å².